The lowest BCUT2D eigenvalue weighted by Crippen LogP contribution is -2.20. The van der Waals surface area contributed by atoms with Crippen LogP contribution in [0.25, 0.3) is 0 Å². The van der Waals surface area contributed by atoms with E-state index in [0.29, 0.717) is 16.3 Å². The average molecular weight is 485 g/mol. The monoisotopic (exact) mass is 485 g/mol. The molecule has 2 amide bonds. The Balaban J connectivity index is 1.32. The number of alkyl halides is 3. The lowest BCUT2D eigenvalue weighted by Gasteiger charge is -2.10. The van der Waals surface area contributed by atoms with Crippen LogP contribution < -0.4 is 15.4 Å². The highest BCUT2D eigenvalue weighted by molar-refractivity contribution is 7.16. The molecule has 0 aliphatic heterocycles. The van der Waals surface area contributed by atoms with Gasteiger partial charge in [-0.25, -0.2) is 0 Å². The molecule has 4 rings (SSSR count). The first-order chi connectivity index (χ1) is 16.2. The minimum Gasteiger partial charge on any atom is -0.484 e. The highest BCUT2D eigenvalue weighted by Gasteiger charge is 2.30. The average Bonchev–Trinajstić information content (AvgIpc) is 3.38. The number of fused-ring (bicyclic) bond motifs is 1. The van der Waals surface area contributed by atoms with Gasteiger partial charge in [0.1, 0.15) is 16.8 Å². The van der Waals surface area contributed by atoms with Gasteiger partial charge in [0.25, 0.3) is 11.8 Å². The molecule has 0 saturated carbocycles. The van der Waals surface area contributed by atoms with Crippen LogP contribution in [0.1, 0.15) is 38.3 Å². The van der Waals surface area contributed by atoms with E-state index in [9.17, 15) is 28.0 Å². The molecule has 10 heteroatoms. The third kappa shape index (κ3) is 5.21. The van der Waals surface area contributed by atoms with Crippen molar-refractivity contribution < 1.29 is 27.5 Å². The summed E-state index contributed by atoms with van der Waals surface area (Å²) in [5, 5.41) is 15.1. The summed E-state index contributed by atoms with van der Waals surface area (Å²) in [4.78, 5) is 25.8. The fourth-order valence-corrected chi connectivity index (χ4v) is 4.86. The van der Waals surface area contributed by atoms with Gasteiger partial charge in [0.15, 0.2) is 6.61 Å². The molecule has 0 unspecified atom stereocenters. The van der Waals surface area contributed by atoms with E-state index in [1.54, 1.807) is 0 Å². The highest BCUT2D eigenvalue weighted by Crippen LogP contribution is 2.38. The standard InChI is InChI=1S/C24H18F3N3O3S/c25-24(26,27)15-3-1-4-16(11-15)29-22(32)14-7-9-17(10-8-14)33-13-21(31)30-23-19(12-28)18-5-2-6-20(18)34-23/h1,3-4,7-11H,2,5-6,13H2,(H,29,32)(H,30,31). The second-order valence-electron chi connectivity index (χ2n) is 7.57. The van der Waals surface area contributed by atoms with Crippen molar-refractivity contribution in [2.75, 3.05) is 17.2 Å². The summed E-state index contributed by atoms with van der Waals surface area (Å²) in [5.41, 5.74) is 0.903. The van der Waals surface area contributed by atoms with E-state index < -0.39 is 23.6 Å². The predicted molar refractivity (Wildman–Crippen MR) is 121 cm³/mol. The molecule has 0 radical (unpaired) electrons. The van der Waals surface area contributed by atoms with Gasteiger partial charge in [0.2, 0.25) is 0 Å². The van der Waals surface area contributed by atoms with E-state index in [0.717, 1.165) is 41.8 Å². The third-order valence-corrected chi connectivity index (χ3v) is 6.43. The number of benzene rings is 2. The maximum atomic E-state index is 12.8. The number of hydrogen-bond acceptors (Lipinski definition) is 5. The van der Waals surface area contributed by atoms with Crippen LogP contribution in [-0.4, -0.2) is 18.4 Å². The van der Waals surface area contributed by atoms with E-state index in [4.69, 9.17) is 4.74 Å². The van der Waals surface area contributed by atoms with Gasteiger partial charge in [-0.3, -0.25) is 9.59 Å². The summed E-state index contributed by atoms with van der Waals surface area (Å²) in [6.45, 7) is -0.288. The Morgan fingerprint density at radius 3 is 2.56 bits per heavy atom. The van der Waals surface area contributed by atoms with Crippen molar-refractivity contribution in [3.63, 3.8) is 0 Å². The Morgan fingerprint density at radius 2 is 1.85 bits per heavy atom. The molecule has 0 atom stereocenters. The Morgan fingerprint density at radius 1 is 1.09 bits per heavy atom. The van der Waals surface area contributed by atoms with Gasteiger partial charge in [-0.2, -0.15) is 18.4 Å². The second kappa shape index (κ2) is 9.57. The summed E-state index contributed by atoms with van der Waals surface area (Å²) >= 11 is 1.41. The van der Waals surface area contributed by atoms with Crippen LogP contribution in [0.2, 0.25) is 0 Å². The second-order valence-corrected chi connectivity index (χ2v) is 8.67. The van der Waals surface area contributed by atoms with E-state index in [1.165, 1.54) is 47.7 Å². The third-order valence-electron chi connectivity index (χ3n) is 5.22. The fourth-order valence-electron chi connectivity index (χ4n) is 3.60. The minimum absolute atomic E-state index is 0.0214. The molecule has 2 aromatic carbocycles. The zero-order chi connectivity index (χ0) is 24.3. The first-order valence-corrected chi connectivity index (χ1v) is 11.1. The first kappa shape index (κ1) is 23.3. The number of ether oxygens (including phenoxy) is 1. The summed E-state index contributed by atoms with van der Waals surface area (Å²) in [5.74, 6) is -0.666. The molecule has 6 nitrogen and oxygen atoms in total. The molecule has 3 aromatic rings. The van der Waals surface area contributed by atoms with Crippen molar-refractivity contribution in [2.24, 2.45) is 0 Å². The van der Waals surface area contributed by atoms with E-state index in [2.05, 4.69) is 16.7 Å². The van der Waals surface area contributed by atoms with Crippen molar-refractivity contribution in [1.82, 2.24) is 0 Å². The van der Waals surface area contributed by atoms with Gasteiger partial charge in [-0.15, -0.1) is 11.3 Å². The van der Waals surface area contributed by atoms with Gasteiger partial charge in [-0.1, -0.05) is 6.07 Å². The zero-order valence-electron chi connectivity index (χ0n) is 17.7. The molecule has 0 spiro atoms. The number of carbonyl (C=O) groups is 2. The maximum absolute atomic E-state index is 12.8. The number of anilines is 2. The highest BCUT2D eigenvalue weighted by atomic mass is 32.1. The number of hydrogen-bond donors (Lipinski definition) is 2. The number of thiophene rings is 1. The number of nitrogens with zero attached hydrogens (tertiary/aromatic N) is 1. The van der Waals surface area contributed by atoms with Gasteiger partial charge in [0.05, 0.1) is 11.1 Å². The molecule has 1 heterocycles. The summed E-state index contributed by atoms with van der Waals surface area (Å²) in [6, 6.07) is 12.4. The molecule has 174 valence electrons. The molecule has 0 bridgehead atoms. The Hall–Kier alpha value is -3.84. The number of aryl methyl sites for hydroxylation is 1. The normalized spacial score (nSPS) is 12.5. The molecule has 1 aromatic heterocycles. The van der Waals surface area contributed by atoms with Gasteiger partial charge >= 0.3 is 6.18 Å². The summed E-state index contributed by atoms with van der Waals surface area (Å²) in [6.07, 6.45) is -1.74. The van der Waals surface area contributed by atoms with Crippen molar-refractivity contribution in [3.8, 4) is 11.8 Å². The number of carbonyl (C=O) groups excluding carboxylic acids is 2. The zero-order valence-corrected chi connectivity index (χ0v) is 18.5. The fraction of sp³-hybridized carbons (Fsp3) is 0.208. The smallest absolute Gasteiger partial charge is 0.416 e. The van der Waals surface area contributed by atoms with E-state index >= 15 is 0 Å². The van der Waals surface area contributed by atoms with Crippen LogP contribution >= 0.6 is 11.3 Å². The molecule has 0 saturated heterocycles. The van der Waals surface area contributed by atoms with Gasteiger partial charge in [-0.05, 0) is 67.3 Å². The largest absolute Gasteiger partial charge is 0.484 e. The number of nitriles is 1. The number of halogens is 3. The van der Waals surface area contributed by atoms with Crippen LogP contribution in [0.5, 0.6) is 5.75 Å². The van der Waals surface area contributed by atoms with Gasteiger partial charge < -0.3 is 15.4 Å². The SMILES string of the molecule is N#Cc1c(NC(=O)COc2ccc(C(=O)Nc3cccc(C(F)(F)F)c3)cc2)sc2c1CCC2. The van der Waals surface area contributed by atoms with Crippen LogP contribution in [-0.2, 0) is 23.8 Å². The summed E-state index contributed by atoms with van der Waals surface area (Å²) < 4.78 is 43.9. The molecule has 0 fully saturated rings. The van der Waals surface area contributed by atoms with Crippen molar-refractivity contribution in [1.29, 1.82) is 5.26 Å². The molecule has 34 heavy (non-hydrogen) atoms. The lowest BCUT2D eigenvalue weighted by atomic mass is 10.1. The quantitative estimate of drug-likeness (QED) is 0.489. The van der Waals surface area contributed by atoms with Crippen LogP contribution in [0.3, 0.4) is 0 Å². The molecule has 2 N–H and O–H groups in total. The Labute approximate surface area is 197 Å². The van der Waals surface area contributed by atoms with Crippen molar-refractivity contribution >= 4 is 33.8 Å². The Kier molecular flexibility index (Phi) is 6.56. The molecule has 1 aliphatic carbocycles. The number of amides is 2. The first-order valence-electron chi connectivity index (χ1n) is 10.3. The minimum atomic E-state index is -4.51. The topological polar surface area (TPSA) is 91.2 Å². The maximum Gasteiger partial charge on any atom is 0.416 e. The number of rotatable bonds is 6. The van der Waals surface area contributed by atoms with E-state index in [1.807, 2.05) is 0 Å². The van der Waals surface area contributed by atoms with Crippen LogP contribution in [0.4, 0.5) is 23.9 Å². The lowest BCUT2D eigenvalue weighted by molar-refractivity contribution is -0.137. The molecule has 1 aliphatic rings. The predicted octanol–water partition coefficient (Wildman–Crippen LogP) is 5.40. The molecular formula is C24H18F3N3O3S. The van der Waals surface area contributed by atoms with Crippen LogP contribution in [0.15, 0.2) is 48.5 Å². The van der Waals surface area contributed by atoms with Crippen LogP contribution in [0, 0.1) is 11.3 Å². The van der Waals surface area contributed by atoms with Crippen molar-refractivity contribution in [2.45, 2.75) is 25.4 Å². The van der Waals surface area contributed by atoms with Crippen molar-refractivity contribution in [3.05, 3.63) is 75.7 Å². The van der Waals surface area contributed by atoms with Gasteiger partial charge in [0, 0.05) is 16.1 Å². The molecular weight excluding hydrogens is 467 g/mol. The number of nitrogens with one attached hydrogen (secondary N) is 2. The summed E-state index contributed by atoms with van der Waals surface area (Å²) in [7, 11) is 0. The Bertz CT molecular complexity index is 1280. The van der Waals surface area contributed by atoms with E-state index in [-0.39, 0.29) is 17.9 Å².